The molecule has 0 aliphatic heterocycles. The fourth-order valence-corrected chi connectivity index (χ4v) is 1.81. The number of nitrogens with zero attached hydrogens (tertiary/aromatic N) is 1. The third-order valence-corrected chi connectivity index (χ3v) is 3.06. The van der Waals surface area contributed by atoms with Gasteiger partial charge >= 0.3 is 11.8 Å². The molecule has 0 aliphatic rings. The summed E-state index contributed by atoms with van der Waals surface area (Å²) >= 11 is 0. The lowest BCUT2D eigenvalue weighted by Crippen LogP contribution is -2.32. The maximum absolute atomic E-state index is 11.8. The minimum atomic E-state index is -1.29. The normalized spacial score (nSPS) is 10.3. The van der Waals surface area contributed by atoms with Gasteiger partial charge in [-0.05, 0) is 23.3 Å². The van der Waals surface area contributed by atoms with Crippen molar-refractivity contribution in [3.05, 3.63) is 59.7 Å². The average Bonchev–Trinajstić information content (AvgIpc) is 2.62. The fraction of sp³-hybridized carbons (Fsp3) is 0.0588. The highest BCUT2D eigenvalue weighted by Crippen LogP contribution is 2.16. The third kappa shape index (κ3) is 5.17. The molecule has 0 unspecified atom stereocenters. The first-order chi connectivity index (χ1) is 12.0. The largest absolute Gasteiger partial charge is 0.545 e. The Kier molecular flexibility index (Phi) is 5.83. The SMILES string of the molecule is COc1cccc(NC(=O)C(=O)NN=Cc2ccc(C(=O)[O-])cc2)c1. The third-order valence-electron chi connectivity index (χ3n) is 3.06. The predicted molar refractivity (Wildman–Crippen MR) is 88.1 cm³/mol. The summed E-state index contributed by atoms with van der Waals surface area (Å²) in [5.74, 6) is -2.59. The van der Waals surface area contributed by atoms with Crippen molar-refractivity contribution < 1.29 is 24.2 Å². The minimum Gasteiger partial charge on any atom is -0.545 e. The molecular weight excluding hydrogens is 326 g/mol. The van der Waals surface area contributed by atoms with Gasteiger partial charge in [0.05, 0.1) is 19.3 Å². The van der Waals surface area contributed by atoms with Crippen LogP contribution in [0.5, 0.6) is 5.75 Å². The van der Waals surface area contributed by atoms with Crippen LogP contribution in [0.2, 0.25) is 0 Å². The summed E-state index contributed by atoms with van der Waals surface area (Å²) in [7, 11) is 1.49. The van der Waals surface area contributed by atoms with Gasteiger partial charge in [0.1, 0.15) is 5.75 Å². The minimum absolute atomic E-state index is 0.0267. The van der Waals surface area contributed by atoms with Crippen molar-refractivity contribution in [1.82, 2.24) is 5.43 Å². The number of carbonyl (C=O) groups excluding carboxylic acids is 3. The van der Waals surface area contributed by atoms with Gasteiger partial charge in [0.25, 0.3) is 0 Å². The van der Waals surface area contributed by atoms with Crippen LogP contribution in [0.3, 0.4) is 0 Å². The van der Waals surface area contributed by atoms with Crippen LogP contribution in [0.4, 0.5) is 5.69 Å². The zero-order valence-electron chi connectivity index (χ0n) is 13.2. The van der Waals surface area contributed by atoms with Crippen LogP contribution in [-0.4, -0.2) is 31.1 Å². The van der Waals surface area contributed by atoms with Crippen LogP contribution < -0.4 is 20.6 Å². The van der Waals surface area contributed by atoms with Crippen LogP contribution in [0.25, 0.3) is 0 Å². The number of hydrazone groups is 1. The van der Waals surface area contributed by atoms with Crippen LogP contribution in [-0.2, 0) is 9.59 Å². The Bertz CT molecular complexity index is 815. The highest BCUT2D eigenvalue weighted by Gasteiger charge is 2.13. The number of hydrogen-bond donors (Lipinski definition) is 2. The number of nitrogens with one attached hydrogen (secondary N) is 2. The van der Waals surface area contributed by atoms with Gasteiger partial charge in [-0.3, -0.25) is 9.59 Å². The quantitative estimate of drug-likeness (QED) is 0.456. The summed E-state index contributed by atoms with van der Waals surface area (Å²) in [6, 6.07) is 12.2. The van der Waals surface area contributed by atoms with E-state index in [0.717, 1.165) is 0 Å². The number of anilines is 1. The number of hydrogen-bond acceptors (Lipinski definition) is 6. The molecule has 25 heavy (non-hydrogen) atoms. The van der Waals surface area contributed by atoms with E-state index in [1.807, 2.05) is 0 Å². The number of benzene rings is 2. The zero-order valence-corrected chi connectivity index (χ0v) is 13.2. The summed E-state index contributed by atoms with van der Waals surface area (Å²) in [5.41, 5.74) is 3.05. The lowest BCUT2D eigenvalue weighted by atomic mass is 10.1. The molecule has 0 spiro atoms. The van der Waals surface area contributed by atoms with Crippen molar-refractivity contribution in [3.63, 3.8) is 0 Å². The van der Waals surface area contributed by atoms with Gasteiger partial charge < -0.3 is 20.0 Å². The van der Waals surface area contributed by atoms with Gasteiger partial charge in [0, 0.05) is 11.8 Å². The first-order valence-corrected chi connectivity index (χ1v) is 7.09. The molecule has 8 nitrogen and oxygen atoms in total. The number of methoxy groups -OCH3 is 1. The summed E-state index contributed by atoms with van der Waals surface area (Å²) < 4.78 is 5.02. The second kappa shape index (κ2) is 8.25. The van der Waals surface area contributed by atoms with E-state index in [2.05, 4.69) is 15.8 Å². The zero-order chi connectivity index (χ0) is 18.2. The molecule has 0 fully saturated rings. The number of ether oxygens (including phenoxy) is 1. The van der Waals surface area contributed by atoms with E-state index in [1.54, 1.807) is 24.3 Å². The standard InChI is InChI=1S/C17H15N3O5/c1-25-14-4-2-3-13(9-14)19-15(21)16(22)20-18-10-11-5-7-12(8-6-11)17(23)24/h2-10H,1H3,(H,19,21)(H,20,22)(H,23,24)/p-1. The molecule has 0 bridgehead atoms. The van der Waals surface area contributed by atoms with Gasteiger partial charge in [-0.1, -0.05) is 30.3 Å². The Labute approximate surface area is 143 Å². The van der Waals surface area contributed by atoms with E-state index >= 15 is 0 Å². The summed E-state index contributed by atoms with van der Waals surface area (Å²) in [6.45, 7) is 0. The first-order valence-electron chi connectivity index (χ1n) is 7.09. The molecule has 2 aromatic carbocycles. The van der Waals surface area contributed by atoms with E-state index in [0.29, 0.717) is 17.0 Å². The van der Waals surface area contributed by atoms with Crippen molar-refractivity contribution in [2.24, 2.45) is 5.10 Å². The van der Waals surface area contributed by atoms with Gasteiger partial charge in [-0.15, -0.1) is 0 Å². The van der Waals surface area contributed by atoms with Crippen LogP contribution in [0, 0.1) is 0 Å². The molecule has 2 aromatic rings. The highest BCUT2D eigenvalue weighted by molar-refractivity contribution is 6.39. The molecule has 8 heteroatoms. The first kappa shape index (κ1) is 17.7. The average molecular weight is 340 g/mol. The second-order valence-electron chi connectivity index (χ2n) is 4.79. The molecule has 0 radical (unpaired) electrons. The van der Waals surface area contributed by atoms with E-state index in [1.165, 1.54) is 37.6 Å². The molecule has 2 rings (SSSR count). The van der Waals surface area contributed by atoms with Gasteiger partial charge in [-0.25, -0.2) is 5.43 Å². The van der Waals surface area contributed by atoms with E-state index in [-0.39, 0.29) is 5.56 Å². The van der Waals surface area contributed by atoms with Crippen LogP contribution >= 0.6 is 0 Å². The molecular formula is C17H14N3O5-. The molecule has 0 aliphatic carbocycles. The number of carbonyl (C=O) groups is 3. The number of carboxylic acid groups (broad SMARTS) is 1. The molecule has 2 amide bonds. The molecule has 2 N–H and O–H groups in total. The van der Waals surface area contributed by atoms with Crippen LogP contribution in [0.1, 0.15) is 15.9 Å². The van der Waals surface area contributed by atoms with Crippen LogP contribution in [0.15, 0.2) is 53.6 Å². The summed E-state index contributed by atoms with van der Waals surface area (Å²) in [6.07, 6.45) is 1.27. The Morgan fingerprint density at radius 1 is 1.08 bits per heavy atom. The van der Waals surface area contributed by atoms with E-state index < -0.39 is 17.8 Å². The lowest BCUT2D eigenvalue weighted by Gasteiger charge is -2.05. The summed E-state index contributed by atoms with van der Waals surface area (Å²) in [4.78, 5) is 34.1. The molecule has 128 valence electrons. The maximum Gasteiger partial charge on any atom is 0.329 e. The Balaban J connectivity index is 1.90. The van der Waals surface area contributed by atoms with Crippen molar-refractivity contribution in [2.45, 2.75) is 0 Å². The molecule has 0 atom stereocenters. The van der Waals surface area contributed by atoms with Gasteiger partial charge in [0.15, 0.2) is 0 Å². The Morgan fingerprint density at radius 2 is 1.80 bits per heavy atom. The Hall–Kier alpha value is -3.68. The number of carboxylic acids is 1. The van der Waals surface area contributed by atoms with Crippen molar-refractivity contribution in [3.8, 4) is 5.75 Å². The van der Waals surface area contributed by atoms with Crippen molar-refractivity contribution in [1.29, 1.82) is 0 Å². The number of aromatic carboxylic acids is 1. The second-order valence-corrected chi connectivity index (χ2v) is 4.79. The lowest BCUT2D eigenvalue weighted by molar-refractivity contribution is -0.255. The molecule has 0 saturated carbocycles. The van der Waals surface area contributed by atoms with Crippen molar-refractivity contribution in [2.75, 3.05) is 12.4 Å². The van der Waals surface area contributed by atoms with E-state index in [9.17, 15) is 19.5 Å². The van der Waals surface area contributed by atoms with E-state index in [4.69, 9.17) is 4.74 Å². The maximum atomic E-state index is 11.8. The molecule has 0 saturated heterocycles. The predicted octanol–water partition coefficient (Wildman–Crippen LogP) is 0.147. The monoisotopic (exact) mass is 340 g/mol. The van der Waals surface area contributed by atoms with Gasteiger partial charge in [-0.2, -0.15) is 5.10 Å². The smallest absolute Gasteiger partial charge is 0.329 e. The number of rotatable bonds is 5. The Morgan fingerprint density at radius 3 is 2.44 bits per heavy atom. The summed E-state index contributed by atoms with van der Waals surface area (Å²) in [5, 5.41) is 16.7. The van der Waals surface area contributed by atoms with Gasteiger partial charge in [0.2, 0.25) is 0 Å². The molecule has 0 aromatic heterocycles. The van der Waals surface area contributed by atoms with Crippen molar-refractivity contribution >= 4 is 29.7 Å². The number of amides is 2. The highest BCUT2D eigenvalue weighted by atomic mass is 16.5. The topological polar surface area (TPSA) is 120 Å². The fourth-order valence-electron chi connectivity index (χ4n) is 1.81. The molecule has 0 heterocycles.